The summed E-state index contributed by atoms with van der Waals surface area (Å²) in [6, 6.07) is 12.7. The van der Waals surface area contributed by atoms with Crippen LogP contribution in [0.15, 0.2) is 51.7 Å². The van der Waals surface area contributed by atoms with Crippen molar-refractivity contribution in [1.29, 1.82) is 0 Å². The van der Waals surface area contributed by atoms with Crippen LogP contribution < -0.4 is 10.5 Å². The van der Waals surface area contributed by atoms with E-state index < -0.39 is 5.63 Å². The highest BCUT2D eigenvalue weighted by Gasteiger charge is 2.08. The standard InChI is InChI=1S/C21H20N2O3/c1-3-23(4-2)17-10-12-18-20(13-17)26-21(25)19(22-18)11-9-15-5-7-16(14-24)8-6-15/h5-14H,3-4H2,1-2H3. The van der Waals surface area contributed by atoms with Crippen LogP contribution in [0.3, 0.4) is 0 Å². The Morgan fingerprint density at radius 1 is 1.00 bits per heavy atom. The van der Waals surface area contributed by atoms with Gasteiger partial charge in [-0.1, -0.05) is 30.3 Å². The van der Waals surface area contributed by atoms with E-state index in [4.69, 9.17) is 4.42 Å². The van der Waals surface area contributed by atoms with Gasteiger partial charge in [0.2, 0.25) is 0 Å². The number of aldehydes is 1. The first-order chi connectivity index (χ1) is 12.6. The van der Waals surface area contributed by atoms with Crippen molar-refractivity contribution in [3.8, 4) is 0 Å². The SMILES string of the molecule is CCN(CC)c1ccc2nc(C=Cc3ccc(C=O)cc3)c(=O)oc2c1. The van der Waals surface area contributed by atoms with E-state index in [9.17, 15) is 9.59 Å². The minimum Gasteiger partial charge on any atom is -0.419 e. The molecular formula is C21H20N2O3. The van der Waals surface area contributed by atoms with Crippen molar-refractivity contribution >= 4 is 35.2 Å². The normalized spacial score (nSPS) is 11.2. The number of anilines is 1. The predicted molar refractivity (Wildman–Crippen MR) is 105 cm³/mol. The second-order valence-electron chi connectivity index (χ2n) is 5.83. The predicted octanol–water partition coefficient (Wildman–Crippen LogP) is 4.02. The summed E-state index contributed by atoms with van der Waals surface area (Å²) < 4.78 is 5.46. The van der Waals surface area contributed by atoms with Gasteiger partial charge in [0.05, 0.1) is 0 Å². The average Bonchev–Trinajstić information content (AvgIpc) is 2.67. The van der Waals surface area contributed by atoms with E-state index in [0.29, 0.717) is 16.7 Å². The third kappa shape index (κ3) is 3.72. The summed E-state index contributed by atoms with van der Waals surface area (Å²) in [4.78, 5) is 29.5. The van der Waals surface area contributed by atoms with Gasteiger partial charge in [-0.15, -0.1) is 0 Å². The van der Waals surface area contributed by atoms with Crippen LogP contribution in [0.1, 0.15) is 35.5 Å². The van der Waals surface area contributed by atoms with Gasteiger partial charge in [-0.25, -0.2) is 9.78 Å². The molecule has 0 spiro atoms. The van der Waals surface area contributed by atoms with Gasteiger partial charge in [0.1, 0.15) is 17.5 Å². The topological polar surface area (TPSA) is 63.4 Å². The molecule has 0 saturated heterocycles. The van der Waals surface area contributed by atoms with Crippen LogP contribution in [0.5, 0.6) is 0 Å². The molecule has 3 rings (SSSR count). The van der Waals surface area contributed by atoms with E-state index in [1.54, 1.807) is 36.4 Å². The first kappa shape index (κ1) is 17.6. The van der Waals surface area contributed by atoms with E-state index in [2.05, 4.69) is 23.7 Å². The third-order valence-electron chi connectivity index (χ3n) is 4.23. The van der Waals surface area contributed by atoms with Crippen LogP contribution in [0.25, 0.3) is 23.3 Å². The zero-order chi connectivity index (χ0) is 18.5. The second-order valence-corrected chi connectivity index (χ2v) is 5.83. The molecule has 0 fully saturated rings. The minimum atomic E-state index is -0.477. The monoisotopic (exact) mass is 348 g/mol. The minimum absolute atomic E-state index is 0.243. The third-order valence-corrected chi connectivity index (χ3v) is 4.23. The van der Waals surface area contributed by atoms with Crippen LogP contribution in [-0.4, -0.2) is 24.4 Å². The fourth-order valence-electron chi connectivity index (χ4n) is 2.76. The van der Waals surface area contributed by atoms with Gasteiger partial charge in [-0.2, -0.15) is 0 Å². The number of rotatable bonds is 6. The van der Waals surface area contributed by atoms with Crippen molar-refractivity contribution in [2.24, 2.45) is 0 Å². The summed E-state index contributed by atoms with van der Waals surface area (Å²) in [5.74, 6) is 0. The molecule has 26 heavy (non-hydrogen) atoms. The van der Waals surface area contributed by atoms with Gasteiger partial charge in [0, 0.05) is 30.4 Å². The Morgan fingerprint density at radius 3 is 2.35 bits per heavy atom. The zero-order valence-electron chi connectivity index (χ0n) is 14.8. The number of hydrogen-bond acceptors (Lipinski definition) is 5. The Balaban J connectivity index is 1.93. The largest absolute Gasteiger partial charge is 0.419 e. The molecule has 0 bridgehead atoms. The summed E-state index contributed by atoms with van der Waals surface area (Å²) in [5, 5.41) is 0. The van der Waals surface area contributed by atoms with Crippen molar-refractivity contribution in [2.75, 3.05) is 18.0 Å². The maximum atomic E-state index is 12.2. The lowest BCUT2D eigenvalue weighted by molar-refractivity contribution is 0.112. The smallest absolute Gasteiger partial charge is 0.362 e. The van der Waals surface area contributed by atoms with Crippen molar-refractivity contribution < 1.29 is 9.21 Å². The van der Waals surface area contributed by atoms with E-state index in [0.717, 1.165) is 30.6 Å². The quantitative estimate of drug-likeness (QED) is 0.630. The van der Waals surface area contributed by atoms with Crippen LogP contribution in [0.4, 0.5) is 5.69 Å². The number of fused-ring (bicyclic) bond motifs is 1. The lowest BCUT2D eigenvalue weighted by Crippen LogP contribution is -2.21. The molecule has 1 aromatic heterocycles. The summed E-state index contributed by atoms with van der Waals surface area (Å²) in [5.41, 5.74) is 3.36. The summed E-state index contributed by atoms with van der Waals surface area (Å²) in [7, 11) is 0. The molecule has 0 radical (unpaired) electrons. The van der Waals surface area contributed by atoms with Crippen molar-refractivity contribution in [3.05, 3.63) is 69.7 Å². The van der Waals surface area contributed by atoms with Crippen LogP contribution in [-0.2, 0) is 0 Å². The van der Waals surface area contributed by atoms with Gasteiger partial charge in [0.25, 0.3) is 0 Å². The van der Waals surface area contributed by atoms with Crippen LogP contribution >= 0.6 is 0 Å². The Morgan fingerprint density at radius 2 is 1.69 bits per heavy atom. The molecule has 0 saturated carbocycles. The molecule has 1 heterocycles. The number of nitrogens with zero attached hydrogens (tertiary/aromatic N) is 2. The van der Waals surface area contributed by atoms with E-state index in [-0.39, 0.29) is 5.69 Å². The average molecular weight is 348 g/mol. The number of benzene rings is 2. The fraction of sp³-hybridized carbons (Fsp3) is 0.190. The van der Waals surface area contributed by atoms with Crippen LogP contribution in [0, 0.1) is 0 Å². The number of aromatic nitrogens is 1. The van der Waals surface area contributed by atoms with Gasteiger partial charge in [-0.3, -0.25) is 4.79 Å². The zero-order valence-corrected chi connectivity index (χ0v) is 14.8. The molecule has 3 aromatic rings. The van der Waals surface area contributed by atoms with E-state index >= 15 is 0 Å². The Labute approximate surface area is 151 Å². The Bertz CT molecular complexity index is 1000. The van der Waals surface area contributed by atoms with E-state index in [1.807, 2.05) is 18.2 Å². The lowest BCUT2D eigenvalue weighted by atomic mass is 10.1. The number of carbonyl (C=O) groups excluding carboxylic acids is 1. The lowest BCUT2D eigenvalue weighted by Gasteiger charge is -2.20. The number of carbonyl (C=O) groups is 1. The molecule has 132 valence electrons. The second kappa shape index (κ2) is 7.78. The molecule has 5 heteroatoms. The summed E-state index contributed by atoms with van der Waals surface area (Å²) >= 11 is 0. The van der Waals surface area contributed by atoms with Crippen molar-refractivity contribution in [2.45, 2.75) is 13.8 Å². The molecule has 2 aromatic carbocycles. The molecule has 0 aliphatic carbocycles. The summed E-state index contributed by atoms with van der Waals surface area (Å²) in [6.45, 7) is 5.92. The van der Waals surface area contributed by atoms with E-state index in [1.165, 1.54) is 0 Å². The van der Waals surface area contributed by atoms with Gasteiger partial charge < -0.3 is 9.32 Å². The van der Waals surface area contributed by atoms with Gasteiger partial charge in [-0.05, 0) is 37.6 Å². The number of hydrogen-bond donors (Lipinski definition) is 0. The molecule has 0 unspecified atom stereocenters. The Kier molecular flexibility index (Phi) is 5.27. The van der Waals surface area contributed by atoms with Crippen molar-refractivity contribution in [3.63, 3.8) is 0 Å². The highest BCUT2D eigenvalue weighted by atomic mass is 16.4. The Hall–Kier alpha value is -3.21. The fourth-order valence-corrected chi connectivity index (χ4v) is 2.76. The summed E-state index contributed by atoms with van der Waals surface area (Å²) in [6.07, 6.45) is 4.18. The van der Waals surface area contributed by atoms with Gasteiger partial charge in [0.15, 0.2) is 5.58 Å². The molecule has 0 amide bonds. The molecule has 5 nitrogen and oxygen atoms in total. The first-order valence-corrected chi connectivity index (χ1v) is 8.57. The molecule has 0 atom stereocenters. The molecule has 0 N–H and O–H groups in total. The van der Waals surface area contributed by atoms with Crippen LogP contribution in [0.2, 0.25) is 0 Å². The maximum absolute atomic E-state index is 12.2. The highest BCUT2D eigenvalue weighted by molar-refractivity contribution is 5.79. The molecular weight excluding hydrogens is 328 g/mol. The highest BCUT2D eigenvalue weighted by Crippen LogP contribution is 2.20. The first-order valence-electron chi connectivity index (χ1n) is 8.57. The molecule has 0 aliphatic rings. The van der Waals surface area contributed by atoms with Gasteiger partial charge >= 0.3 is 5.63 Å². The maximum Gasteiger partial charge on any atom is 0.362 e. The van der Waals surface area contributed by atoms with Crippen molar-refractivity contribution in [1.82, 2.24) is 4.98 Å². The molecule has 0 aliphatic heterocycles.